The van der Waals surface area contributed by atoms with Crippen molar-refractivity contribution in [3.8, 4) is 0 Å². The van der Waals surface area contributed by atoms with Gasteiger partial charge in [-0.1, -0.05) is 30.3 Å². The number of H-pyrrole nitrogens is 1. The second kappa shape index (κ2) is 7.07. The van der Waals surface area contributed by atoms with Crippen LogP contribution in [0.5, 0.6) is 0 Å². The number of benzene rings is 2. The fraction of sp³-hybridized carbons (Fsp3) is 0.190. The van der Waals surface area contributed by atoms with E-state index < -0.39 is 0 Å². The first kappa shape index (κ1) is 17.0. The average Bonchev–Trinajstić information content (AvgIpc) is 3.50. The van der Waals surface area contributed by atoms with E-state index in [4.69, 9.17) is 0 Å². The van der Waals surface area contributed by atoms with Gasteiger partial charge < -0.3 is 15.6 Å². The molecule has 0 unspecified atom stereocenters. The van der Waals surface area contributed by atoms with Gasteiger partial charge in [-0.3, -0.25) is 14.4 Å². The molecule has 0 spiro atoms. The third-order valence-corrected chi connectivity index (χ3v) is 4.58. The Bertz CT molecular complexity index is 1070. The second-order valence-electron chi connectivity index (χ2n) is 6.73. The summed E-state index contributed by atoms with van der Waals surface area (Å²) in [7, 11) is 0. The molecular weight excluding hydrogens is 342 g/mol. The maximum Gasteiger partial charge on any atom is 0.268 e. The number of amides is 2. The topological polar surface area (TPSA) is 91.1 Å². The van der Waals surface area contributed by atoms with Gasteiger partial charge in [0.1, 0.15) is 5.69 Å². The quantitative estimate of drug-likeness (QED) is 0.651. The van der Waals surface area contributed by atoms with Crippen LogP contribution in [0.3, 0.4) is 0 Å². The SMILES string of the molecule is O=C(NC1CC1)c1ccc(CNC(=O)c2cc3ccccc3c(=O)[nH]2)cc1. The van der Waals surface area contributed by atoms with Crippen molar-refractivity contribution in [3.63, 3.8) is 0 Å². The third kappa shape index (κ3) is 3.89. The zero-order valence-electron chi connectivity index (χ0n) is 14.6. The third-order valence-electron chi connectivity index (χ3n) is 4.58. The highest BCUT2D eigenvalue weighted by Gasteiger charge is 2.23. The molecule has 136 valence electrons. The van der Waals surface area contributed by atoms with Gasteiger partial charge in [0.2, 0.25) is 0 Å². The lowest BCUT2D eigenvalue weighted by Crippen LogP contribution is -2.26. The predicted octanol–water partition coefficient (Wildman–Crippen LogP) is 2.35. The van der Waals surface area contributed by atoms with Gasteiger partial charge in [-0.05, 0) is 48.1 Å². The number of pyridine rings is 1. The van der Waals surface area contributed by atoms with E-state index in [1.165, 1.54) is 0 Å². The number of fused-ring (bicyclic) bond motifs is 1. The van der Waals surface area contributed by atoms with E-state index in [0.29, 0.717) is 23.5 Å². The zero-order chi connectivity index (χ0) is 18.8. The van der Waals surface area contributed by atoms with Crippen molar-refractivity contribution >= 4 is 22.6 Å². The number of hydrogen-bond acceptors (Lipinski definition) is 3. The first-order valence-corrected chi connectivity index (χ1v) is 8.90. The first-order valence-electron chi connectivity index (χ1n) is 8.90. The normalized spacial score (nSPS) is 13.3. The van der Waals surface area contributed by atoms with Gasteiger partial charge in [0.25, 0.3) is 17.4 Å². The van der Waals surface area contributed by atoms with E-state index in [0.717, 1.165) is 23.8 Å². The van der Waals surface area contributed by atoms with Crippen LogP contribution in [0.1, 0.15) is 39.3 Å². The number of hydrogen-bond donors (Lipinski definition) is 3. The molecule has 0 aliphatic heterocycles. The Labute approximate surface area is 155 Å². The molecule has 0 radical (unpaired) electrons. The highest BCUT2D eigenvalue weighted by atomic mass is 16.2. The summed E-state index contributed by atoms with van der Waals surface area (Å²) in [5, 5.41) is 7.00. The molecule has 2 aromatic carbocycles. The van der Waals surface area contributed by atoms with Crippen molar-refractivity contribution in [1.82, 2.24) is 15.6 Å². The maximum absolute atomic E-state index is 12.4. The van der Waals surface area contributed by atoms with Crippen LogP contribution in [-0.4, -0.2) is 22.8 Å². The van der Waals surface area contributed by atoms with Crippen LogP contribution < -0.4 is 16.2 Å². The molecule has 0 bridgehead atoms. The summed E-state index contributed by atoms with van der Waals surface area (Å²) in [6.07, 6.45) is 2.10. The standard InChI is InChI=1S/C21H19N3O3/c25-19(23-16-9-10-16)14-7-5-13(6-8-14)12-22-21(27)18-11-15-3-1-2-4-17(15)20(26)24-18/h1-8,11,16H,9-10,12H2,(H,22,27)(H,23,25)(H,24,26). The molecule has 0 saturated heterocycles. The first-order chi connectivity index (χ1) is 13.1. The van der Waals surface area contributed by atoms with Crippen molar-refractivity contribution in [2.24, 2.45) is 0 Å². The smallest absolute Gasteiger partial charge is 0.268 e. The zero-order valence-corrected chi connectivity index (χ0v) is 14.6. The molecule has 0 atom stereocenters. The Balaban J connectivity index is 1.41. The van der Waals surface area contributed by atoms with E-state index >= 15 is 0 Å². The van der Waals surface area contributed by atoms with E-state index in [-0.39, 0.29) is 23.1 Å². The molecule has 1 saturated carbocycles. The lowest BCUT2D eigenvalue weighted by atomic mass is 10.1. The summed E-state index contributed by atoms with van der Waals surface area (Å²) >= 11 is 0. The van der Waals surface area contributed by atoms with Gasteiger partial charge in [-0.25, -0.2) is 0 Å². The van der Waals surface area contributed by atoms with E-state index in [1.54, 1.807) is 36.4 Å². The van der Waals surface area contributed by atoms with Crippen LogP contribution in [0.25, 0.3) is 10.8 Å². The fourth-order valence-electron chi connectivity index (χ4n) is 2.88. The minimum Gasteiger partial charge on any atom is -0.349 e. The monoisotopic (exact) mass is 361 g/mol. The van der Waals surface area contributed by atoms with Crippen LogP contribution in [0.2, 0.25) is 0 Å². The molecule has 1 heterocycles. The molecule has 1 fully saturated rings. The number of carbonyl (C=O) groups is 2. The van der Waals surface area contributed by atoms with Gasteiger partial charge in [0.15, 0.2) is 0 Å². The molecule has 1 aromatic heterocycles. The van der Waals surface area contributed by atoms with Gasteiger partial charge in [-0.15, -0.1) is 0 Å². The summed E-state index contributed by atoms with van der Waals surface area (Å²) in [4.78, 5) is 39.1. The van der Waals surface area contributed by atoms with Gasteiger partial charge >= 0.3 is 0 Å². The molecule has 2 amide bonds. The molecule has 6 heteroatoms. The maximum atomic E-state index is 12.4. The van der Waals surface area contributed by atoms with Crippen LogP contribution in [-0.2, 0) is 6.54 Å². The molecular formula is C21H19N3O3. The summed E-state index contributed by atoms with van der Waals surface area (Å²) in [5.41, 5.74) is 1.41. The Morgan fingerprint density at radius 3 is 2.48 bits per heavy atom. The molecule has 6 nitrogen and oxygen atoms in total. The Morgan fingerprint density at radius 1 is 1.00 bits per heavy atom. The van der Waals surface area contributed by atoms with Crippen molar-refractivity contribution in [2.75, 3.05) is 0 Å². The van der Waals surface area contributed by atoms with Crippen molar-refractivity contribution in [3.05, 3.63) is 81.8 Å². The van der Waals surface area contributed by atoms with Crippen molar-refractivity contribution in [2.45, 2.75) is 25.4 Å². The lowest BCUT2D eigenvalue weighted by Gasteiger charge is -2.08. The van der Waals surface area contributed by atoms with Gasteiger partial charge in [-0.2, -0.15) is 0 Å². The molecule has 27 heavy (non-hydrogen) atoms. The Morgan fingerprint density at radius 2 is 1.74 bits per heavy atom. The summed E-state index contributed by atoms with van der Waals surface area (Å²) in [5.74, 6) is -0.421. The van der Waals surface area contributed by atoms with Crippen LogP contribution in [0, 0.1) is 0 Å². The van der Waals surface area contributed by atoms with Crippen LogP contribution in [0.15, 0.2) is 59.4 Å². The summed E-state index contributed by atoms with van der Waals surface area (Å²) < 4.78 is 0. The summed E-state index contributed by atoms with van der Waals surface area (Å²) in [6, 6.07) is 16.2. The predicted molar refractivity (Wildman–Crippen MR) is 103 cm³/mol. The van der Waals surface area contributed by atoms with Crippen LogP contribution in [0.4, 0.5) is 0 Å². The minimum absolute atomic E-state index is 0.0678. The summed E-state index contributed by atoms with van der Waals surface area (Å²) in [6.45, 7) is 0.304. The minimum atomic E-state index is -0.353. The van der Waals surface area contributed by atoms with Gasteiger partial charge in [0.05, 0.1) is 0 Å². The Kier molecular flexibility index (Phi) is 4.46. The highest BCUT2D eigenvalue weighted by Crippen LogP contribution is 2.19. The Hall–Kier alpha value is -3.41. The number of aromatic nitrogens is 1. The molecule has 4 rings (SSSR count). The number of aromatic amines is 1. The van der Waals surface area contributed by atoms with E-state index in [9.17, 15) is 14.4 Å². The van der Waals surface area contributed by atoms with Crippen molar-refractivity contribution < 1.29 is 9.59 Å². The van der Waals surface area contributed by atoms with Crippen molar-refractivity contribution in [1.29, 1.82) is 0 Å². The number of rotatable bonds is 5. The second-order valence-corrected chi connectivity index (χ2v) is 6.73. The van der Waals surface area contributed by atoms with E-state index in [2.05, 4.69) is 15.6 Å². The molecule has 3 aromatic rings. The van der Waals surface area contributed by atoms with Crippen LogP contribution >= 0.6 is 0 Å². The molecule has 1 aliphatic rings. The van der Waals surface area contributed by atoms with Gasteiger partial charge in [0, 0.05) is 23.5 Å². The average molecular weight is 361 g/mol. The lowest BCUT2D eigenvalue weighted by molar-refractivity contribution is 0.0939. The fourth-order valence-corrected chi connectivity index (χ4v) is 2.88. The number of nitrogens with one attached hydrogen (secondary N) is 3. The highest BCUT2D eigenvalue weighted by molar-refractivity contribution is 5.96. The van der Waals surface area contributed by atoms with E-state index in [1.807, 2.05) is 18.2 Å². The number of carbonyl (C=O) groups excluding carboxylic acids is 2. The molecule has 3 N–H and O–H groups in total. The molecule has 1 aliphatic carbocycles. The largest absolute Gasteiger partial charge is 0.349 e.